The molecule has 114 valence electrons. The number of piperidine rings is 1. The lowest BCUT2D eigenvalue weighted by Gasteiger charge is -2.33. The van der Waals surface area contributed by atoms with E-state index in [4.69, 9.17) is 5.73 Å². The molecule has 2 atom stereocenters. The Morgan fingerprint density at radius 1 is 1.40 bits per heavy atom. The van der Waals surface area contributed by atoms with Gasteiger partial charge in [0.2, 0.25) is 0 Å². The van der Waals surface area contributed by atoms with Crippen LogP contribution in [-0.4, -0.2) is 41.4 Å². The van der Waals surface area contributed by atoms with Gasteiger partial charge in [-0.05, 0) is 39.5 Å². The molecule has 1 aromatic heterocycles. The van der Waals surface area contributed by atoms with Crippen LogP contribution >= 0.6 is 0 Å². The van der Waals surface area contributed by atoms with Crippen molar-refractivity contribution in [2.75, 3.05) is 13.1 Å². The van der Waals surface area contributed by atoms with Crippen molar-refractivity contribution >= 4 is 10.0 Å². The van der Waals surface area contributed by atoms with Gasteiger partial charge in [0.05, 0.1) is 6.33 Å². The first-order valence-corrected chi connectivity index (χ1v) is 8.55. The number of hydrogen-bond donors (Lipinski definition) is 1. The van der Waals surface area contributed by atoms with Gasteiger partial charge in [0.25, 0.3) is 10.0 Å². The highest BCUT2D eigenvalue weighted by Gasteiger charge is 2.32. The summed E-state index contributed by atoms with van der Waals surface area (Å²) >= 11 is 0. The van der Waals surface area contributed by atoms with Crippen LogP contribution in [0.5, 0.6) is 0 Å². The average molecular weight is 300 g/mol. The molecule has 6 nitrogen and oxygen atoms in total. The molecular formula is C13H24N4O2S. The van der Waals surface area contributed by atoms with Crippen LogP contribution in [0.2, 0.25) is 0 Å². The summed E-state index contributed by atoms with van der Waals surface area (Å²) in [6.45, 7) is 6.97. The molecule has 1 saturated heterocycles. The SMILES string of the molecule is CC(C)n1cnc(S(=O)(=O)N2CCC[C@@H]([C@H](C)N)C2)c1. The van der Waals surface area contributed by atoms with Gasteiger partial charge in [-0.25, -0.2) is 13.4 Å². The van der Waals surface area contributed by atoms with Crippen molar-refractivity contribution in [1.29, 1.82) is 0 Å². The number of sulfonamides is 1. The van der Waals surface area contributed by atoms with E-state index in [1.807, 2.05) is 20.8 Å². The standard InChI is InChI=1S/C13H24N4O2S/c1-10(2)16-8-13(15-9-16)20(18,19)17-6-4-5-12(7-17)11(3)14/h8-12H,4-7,14H2,1-3H3/t11-,12+/m0/s1. The Balaban J connectivity index is 2.20. The van der Waals surface area contributed by atoms with E-state index in [0.717, 1.165) is 12.8 Å². The third kappa shape index (κ3) is 3.05. The molecule has 1 aliphatic heterocycles. The van der Waals surface area contributed by atoms with Gasteiger partial charge < -0.3 is 10.3 Å². The molecule has 0 aliphatic carbocycles. The molecule has 20 heavy (non-hydrogen) atoms. The van der Waals surface area contributed by atoms with E-state index in [0.29, 0.717) is 13.1 Å². The molecule has 7 heteroatoms. The highest BCUT2D eigenvalue weighted by atomic mass is 32.2. The molecule has 1 aromatic rings. The number of nitrogens with two attached hydrogens (primary N) is 1. The summed E-state index contributed by atoms with van der Waals surface area (Å²) in [7, 11) is -3.50. The second-order valence-electron chi connectivity index (χ2n) is 5.88. The molecule has 1 aliphatic rings. The van der Waals surface area contributed by atoms with E-state index in [1.165, 1.54) is 4.31 Å². The Morgan fingerprint density at radius 3 is 2.65 bits per heavy atom. The summed E-state index contributed by atoms with van der Waals surface area (Å²) in [5.74, 6) is 0.228. The van der Waals surface area contributed by atoms with Crippen molar-refractivity contribution in [3.05, 3.63) is 12.5 Å². The fraction of sp³-hybridized carbons (Fsp3) is 0.769. The van der Waals surface area contributed by atoms with Gasteiger partial charge in [-0.2, -0.15) is 4.31 Å². The third-order valence-electron chi connectivity index (χ3n) is 3.94. The van der Waals surface area contributed by atoms with Crippen LogP contribution in [0.4, 0.5) is 0 Å². The Morgan fingerprint density at radius 2 is 2.10 bits per heavy atom. The second kappa shape index (κ2) is 5.83. The second-order valence-corrected chi connectivity index (χ2v) is 7.76. The third-order valence-corrected chi connectivity index (χ3v) is 5.69. The maximum atomic E-state index is 12.6. The first-order valence-electron chi connectivity index (χ1n) is 7.11. The minimum absolute atomic E-state index is 0.0150. The molecule has 2 N–H and O–H groups in total. The quantitative estimate of drug-likeness (QED) is 0.906. The van der Waals surface area contributed by atoms with Crippen LogP contribution in [-0.2, 0) is 10.0 Å². The van der Waals surface area contributed by atoms with E-state index >= 15 is 0 Å². The van der Waals surface area contributed by atoms with Gasteiger partial charge in [0.1, 0.15) is 0 Å². The summed E-state index contributed by atoms with van der Waals surface area (Å²) in [6, 6.07) is 0.214. The molecule has 0 unspecified atom stereocenters. The lowest BCUT2D eigenvalue weighted by molar-refractivity contribution is 0.242. The van der Waals surface area contributed by atoms with Crippen molar-refractivity contribution in [3.8, 4) is 0 Å². The number of imidazole rings is 1. The monoisotopic (exact) mass is 300 g/mol. The molecular weight excluding hydrogens is 276 g/mol. The Hall–Kier alpha value is -0.920. The molecule has 2 rings (SSSR count). The Bertz CT molecular complexity index is 550. The van der Waals surface area contributed by atoms with Crippen molar-refractivity contribution in [2.45, 2.75) is 50.7 Å². The van der Waals surface area contributed by atoms with E-state index in [1.54, 1.807) is 17.1 Å². The first-order chi connectivity index (χ1) is 9.32. The van der Waals surface area contributed by atoms with E-state index in [2.05, 4.69) is 4.98 Å². The molecule has 1 fully saturated rings. The van der Waals surface area contributed by atoms with Crippen LogP contribution in [0, 0.1) is 5.92 Å². The first kappa shape index (κ1) is 15.5. The molecule has 2 heterocycles. The zero-order chi connectivity index (χ0) is 14.9. The highest BCUT2D eigenvalue weighted by Crippen LogP contribution is 2.24. The Labute approximate surface area is 121 Å². The van der Waals surface area contributed by atoms with Crippen molar-refractivity contribution in [3.63, 3.8) is 0 Å². The van der Waals surface area contributed by atoms with E-state index in [-0.39, 0.29) is 23.0 Å². The van der Waals surface area contributed by atoms with Crippen LogP contribution in [0.15, 0.2) is 17.6 Å². The van der Waals surface area contributed by atoms with Crippen molar-refractivity contribution < 1.29 is 8.42 Å². The van der Waals surface area contributed by atoms with Gasteiger partial charge in [-0.1, -0.05) is 0 Å². The molecule has 0 bridgehead atoms. The van der Waals surface area contributed by atoms with Gasteiger partial charge >= 0.3 is 0 Å². The summed E-state index contributed by atoms with van der Waals surface area (Å²) in [5, 5.41) is 0.136. The molecule has 0 aromatic carbocycles. The van der Waals surface area contributed by atoms with Gasteiger partial charge in [-0.15, -0.1) is 0 Å². The zero-order valence-corrected chi connectivity index (χ0v) is 13.2. The average Bonchev–Trinajstić information content (AvgIpc) is 2.89. The molecule has 0 saturated carbocycles. The molecule has 0 spiro atoms. The lowest BCUT2D eigenvalue weighted by atomic mass is 9.93. The maximum Gasteiger partial charge on any atom is 0.262 e. The number of nitrogens with zero attached hydrogens (tertiary/aromatic N) is 3. The number of hydrogen-bond acceptors (Lipinski definition) is 4. The lowest BCUT2D eigenvalue weighted by Crippen LogP contribution is -2.45. The predicted molar refractivity (Wildman–Crippen MR) is 77.7 cm³/mol. The fourth-order valence-electron chi connectivity index (χ4n) is 2.49. The molecule has 0 radical (unpaired) electrons. The van der Waals surface area contributed by atoms with Crippen LogP contribution < -0.4 is 5.73 Å². The van der Waals surface area contributed by atoms with Crippen LogP contribution in [0.25, 0.3) is 0 Å². The fourth-order valence-corrected chi connectivity index (χ4v) is 3.94. The summed E-state index contributed by atoms with van der Waals surface area (Å²) < 4.78 is 28.5. The number of rotatable bonds is 4. The summed E-state index contributed by atoms with van der Waals surface area (Å²) in [6.07, 6.45) is 5.03. The predicted octanol–water partition coefficient (Wildman–Crippen LogP) is 1.21. The Kier molecular flexibility index (Phi) is 4.51. The van der Waals surface area contributed by atoms with Crippen LogP contribution in [0.1, 0.15) is 39.7 Å². The highest BCUT2D eigenvalue weighted by molar-refractivity contribution is 7.89. The van der Waals surface area contributed by atoms with Gasteiger partial charge in [-0.3, -0.25) is 0 Å². The largest absolute Gasteiger partial charge is 0.334 e. The topological polar surface area (TPSA) is 81.2 Å². The number of aromatic nitrogens is 2. The summed E-state index contributed by atoms with van der Waals surface area (Å²) in [5.41, 5.74) is 5.91. The normalized spacial score (nSPS) is 23.1. The smallest absolute Gasteiger partial charge is 0.262 e. The molecule has 0 amide bonds. The minimum atomic E-state index is -3.50. The summed E-state index contributed by atoms with van der Waals surface area (Å²) in [4.78, 5) is 4.06. The van der Waals surface area contributed by atoms with Crippen molar-refractivity contribution in [1.82, 2.24) is 13.9 Å². The van der Waals surface area contributed by atoms with Crippen LogP contribution in [0.3, 0.4) is 0 Å². The zero-order valence-electron chi connectivity index (χ0n) is 12.4. The van der Waals surface area contributed by atoms with Gasteiger partial charge in [0.15, 0.2) is 5.03 Å². The minimum Gasteiger partial charge on any atom is -0.334 e. The van der Waals surface area contributed by atoms with Crippen molar-refractivity contribution in [2.24, 2.45) is 11.7 Å². The van der Waals surface area contributed by atoms with Gasteiger partial charge in [0, 0.05) is 31.4 Å². The van der Waals surface area contributed by atoms with E-state index < -0.39 is 10.0 Å². The van der Waals surface area contributed by atoms with E-state index in [9.17, 15) is 8.42 Å². The maximum absolute atomic E-state index is 12.6.